The van der Waals surface area contributed by atoms with E-state index in [0.29, 0.717) is 12.2 Å². The molecule has 0 saturated carbocycles. The Morgan fingerprint density at radius 3 is 2.62 bits per heavy atom. The molecule has 0 bridgehead atoms. The molecule has 0 unspecified atom stereocenters. The largest absolute Gasteiger partial charge is 0.372 e. The van der Waals surface area contributed by atoms with E-state index in [-0.39, 0.29) is 18.1 Å². The van der Waals surface area contributed by atoms with Crippen molar-refractivity contribution in [2.75, 3.05) is 18.0 Å². The van der Waals surface area contributed by atoms with Crippen LogP contribution in [0.5, 0.6) is 0 Å². The van der Waals surface area contributed by atoms with E-state index in [1.165, 1.54) is 18.6 Å². The normalized spacial score (nSPS) is 20.7. The number of pyridine rings is 1. The molecule has 126 valence electrons. The summed E-state index contributed by atoms with van der Waals surface area (Å²) in [5.74, 6) is 0.684. The zero-order valence-corrected chi connectivity index (χ0v) is 13.8. The highest BCUT2D eigenvalue weighted by Crippen LogP contribution is 2.18. The number of hydrogen-bond acceptors (Lipinski definition) is 6. The average molecular weight is 327 g/mol. The fourth-order valence-electron chi connectivity index (χ4n) is 2.76. The van der Waals surface area contributed by atoms with Crippen LogP contribution in [0.1, 0.15) is 29.9 Å². The van der Waals surface area contributed by atoms with Gasteiger partial charge in [0.1, 0.15) is 11.5 Å². The molecule has 0 aliphatic carbocycles. The van der Waals surface area contributed by atoms with E-state index in [1.807, 2.05) is 12.1 Å². The number of amides is 1. The van der Waals surface area contributed by atoms with Crippen molar-refractivity contribution in [1.82, 2.24) is 20.3 Å². The maximum atomic E-state index is 11.9. The molecule has 1 aliphatic rings. The van der Waals surface area contributed by atoms with Gasteiger partial charge < -0.3 is 15.0 Å². The maximum absolute atomic E-state index is 11.9. The van der Waals surface area contributed by atoms with Gasteiger partial charge >= 0.3 is 0 Å². The van der Waals surface area contributed by atoms with Crippen LogP contribution in [0.25, 0.3) is 0 Å². The Bertz CT molecular complexity index is 667. The van der Waals surface area contributed by atoms with E-state index < -0.39 is 0 Å². The van der Waals surface area contributed by atoms with Gasteiger partial charge in [-0.3, -0.25) is 9.78 Å². The van der Waals surface area contributed by atoms with Gasteiger partial charge in [0.15, 0.2) is 0 Å². The summed E-state index contributed by atoms with van der Waals surface area (Å²) in [5.41, 5.74) is 1.24. The van der Waals surface area contributed by atoms with Gasteiger partial charge in [-0.15, -0.1) is 0 Å². The number of nitrogens with one attached hydrogen (secondary N) is 1. The third-order valence-corrected chi connectivity index (χ3v) is 3.80. The summed E-state index contributed by atoms with van der Waals surface area (Å²) in [6.07, 6.45) is 6.65. The van der Waals surface area contributed by atoms with Crippen molar-refractivity contribution in [3.63, 3.8) is 0 Å². The van der Waals surface area contributed by atoms with Gasteiger partial charge in [0.05, 0.1) is 18.4 Å². The molecule has 1 saturated heterocycles. The molecule has 3 rings (SSSR count). The van der Waals surface area contributed by atoms with Crippen molar-refractivity contribution in [2.24, 2.45) is 0 Å². The van der Waals surface area contributed by atoms with Crippen molar-refractivity contribution in [1.29, 1.82) is 0 Å². The minimum absolute atomic E-state index is 0.196. The molecular formula is C17H21N5O2. The van der Waals surface area contributed by atoms with Crippen molar-refractivity contribution in [2.45, 2.75) is 32.6 Å². The van der Waals surface area contributed by atoms with Crippen LogP contribution < -0.4 is 10.2 Å². The van der Waals surface area contributed by atoms with Crippen LogP contribution in [0.2, 0.25) is 0 Å². The number of aromatic nitrogens is 3. The number of ether oxygens (including phenoxy) is 1. The fraction of sp³-hybridized carbons (Fsp3) is 0.412. The van der Waals surface area contributed by atoms with Gasteiger partial charge in [-0.05, 0) is 25.5 Å². The second kappa shape index (κ2) is 7.35. The molecular weight excluding hydrogens is 306 g/mol. The van der Waals surface area contributed by atoms with Gasteiger partial charge in [0.2, 0.25) is 0 Å². The summed E-state index contributed by atoms with van der Waals surface area (Å²) in [7, 11) is 0. The second-order valence-electron chi connectivity index (χ2n) is 5.96. The first kappa shape index (κ1) is 16.3. The average Bonchev–Trinajstić information content (AvgIpc) is 2.60. The first-order chi connectivity index (χ1) is 11.6. The van der Waals surface area contributed by atoms with E-state index in [1.54, 1.807) is 6.20 Å². The lowest BCUT2D eigenvalue weighted by Gasteiger charge is -2.36. The van der Waals surface area contributed by atoms with Crippen LogP contribution in [0.3, 0.4) is 0 Å². The monoisotopic (exact) mass is 327 g/mol. The van der Waals surface area contributed by atoms with Crippen LogP contribution >= 0.6 is 0 Å². The molecule has 3 heterocycles. The third-order valence-electron chi connectivity index (χ3n) is 3.80. The van der Waals surface area contributed by atoms with Crippen LogP contribution in [-0.2, 0) is 11.3 Å². The molecule has 7 heteroatoms. The molecule has 0 radical (unpaired) electrons. The Kier molecular flexibility index (Phi) is 5.00. The number of morpholine rings is 1. The maximum Gasteiger partial charge on any atom is 0.271 e. The summed E-state index contributed by atoms with van der Waals surface area (Å²) in [6, 6.07) is 3.96. The summed E-state index contributed by atoms with van der Waals surface area (Å²) in [5, 5.41) is 2.81. The molecule has 0 spiro atoms. The minimum Gasteiger partial charge on any atom is -0.372 e. The molecule has 2 aromatic rings. The fourth-order valence-corrected chi connectivity index (χ4v) is 2.76. The van der Waals surface area contributed by atoms with Crippen molar-refractivity contribution in [3.8, 4) is 0 Å². The van der Waals surface area contributed by atoms with E-state index in [4.69, 9.17) is 4.74 Å². The quantitative estimate of drug-likeness (QED) is 0.915. The molecule has 1 fully saturated rings. The Hall–Kier alpha value is -2.54. The van der Waals surface area contributed by atoms with Crippen LogP contribution in [0.4, 0.5) is 5.82 Å². The van der Waals surface area contributed by atoms with Crippen LogP contribution in [-0.4, -0.2) is 46.2 Å². The van der Waals surface area contributed by atoms with E-state index >= 15 is 0 Å². The summed E-state index contributed by atoms with van der Waals surface area (Å²) >= 11 is 0. The Morgan fingerprint density at radius 2 is 2.00 bits per heavy atom. The summed E-state index contributed by atoms with van der Waals surface area (Å²) < 4.78 is 5.74. The highest BCUT2D eigenvalue weighted by molar-refractivity contribution is 5.91. The highest BCUT2D eigenvalue weighted by Gasteiger charge is 2.22. The smallest absolute Gasteiger partial charge is 0.271 e. The molecule has 1 N–H and O–H groups in total. The molecule has 2 aromatic heterocycles. The number of carbonyl (C=O) groups excluding carboxylic acids is 1. The number of carbonyl (C=O) groups is 1. The van der Waals surface area contributed by atoms with E-state index in [0.717, 1.165) is 24.5 Å². The molecule has 1 aliphatic heterocycles. The lowest BCUT2D eigenvalue weighted by Crippen LogP contribution is -2.45. The highest BCUT2D eigenvalue weighted by atomic mass is 16.5. The van der Waals surface area contributed by atoms with Gasteiger partial charge in [-0.1, -0.05) is 6.07 Å². The predicted molar refractivity (Wildman–Crippen MR) is 89.7 cm³/mol. The standard InChI is InChI=1S/C17H21N5O2/c1-12-10-22(11-13(2)24-12)16-4-3-14(7-20-16)8-21-17(23)15-9-18-5-6-19-15/h3-7,9,12-13H,8,10-11H2,1-2H3,(H,21,23)/t12-,13-/m1/s1. The van der Waals surface area contributed by atoms with Gasteiger partial charge in [-0.2, -0.15) is 0 Å². The van der Waals surface area contributed by atoms with Gasteiger partial charge in [0.25, 0.3) is 5.91 Å². The summed E-state index contributed by atoms with van der Waals surface area (Å²) in [6.45, 7) is 6.21. The SMILES string of the molecule is C[C@@H]1CN(c2ccc(CNC(=O)c3cnccn3)cn2)C[C@@H](C)O1. The number of hydrogen-bond donors (Lipinski definition) is 1. The molecule has 24 heavy (non-hydrogen) atoms. The van der Waals surface area contributed by atoms with Crippen molar-refractivity contribution >= 4 is 11.7 Å². The van der Waals surface area contributed by atoms with Crippen LogP contribution in [0, 0.1) is 0 Å². The van der Waals surface area contributed by atoms with Crippen molar-refractivity contribution in [3.05, 3.63) is 48.2 Å². The Labute approximate surface area is 141 Å². The van der Waals surface area contributed by atoms with Crippen LogP contribution in [0.15, 0.2) is 36.9 Å². The van der Waals surface area contributed by atoms with Gasteiger partial charge in [-0.25, -0.2) is 9.97 Å². The minimum atomic E-state index is -0.247. The Morgan fingerprint density at radius 1 is 1.21 bits per heavy atom. The zero-order chi connectivity index (χ0) is 16.9. The Balaban J connectivity index is 1.58. The third kappa shape index (κ3) is 4.05. The lowest BCUT2D eigenvalue weighted by molar-refractivity contribution is -0.00546. The molecule has 1 amide bonds. The number of anilines is 1. The predicted octanol–water partition coefficient (Wildman–Crippen LogP) is 1.42. The topological polar surface area (TPSA) is 80.2 Å². The number of nitrogens with zero attached hydrogens (tertiary/aromatic N) is 4. The molecule has 7 nitrogen and oxygen atoms in total. The first-order valence-corrected chi connectivity index (χ1v) is 8.01. The van der Waals surface area contributed by atoms with E-state index in [2.05, 4.69) is 39.0 Å². The first-order valence-electron chi connectivity index (χ1n) is 8.01. The zero-order valence-electron chi connectivity index (χ0n) is 13.8. The second-order valence-corrected chi connectivity index (χ2v) is 5.96. The summed E-state index contributed by atoms with van der Waals surface area (Å²) in [4.78, 5) is 26.5. The lowest BCUT2D eigenvalue weighted by atomic mass is 10.2. The van der Waals surface area contributed by atoms with E-state index in [9.17, 15) is 4.79 Å². The number of rotatable bonds is 4. The van der Waals surface area contributed by atoms with Gasteiger partial charge in [0, 0.05) is 38.2 Å². The molecule has 2 atom stereocenters. The molecule has 0 aromatic carbocycles. The van der Waals surface area contributed by atoms with Crippen molar-refractivity contribution < 1.29 is 9.53 Å².